The van der Waals surface area contributed by atoms with Gasteiger partial charge in [0.05, 0.1) is 12.1 Å². The van der Waals surface area contributed by atoms with Crippen molar-refractivity contribution in [3.8, 4) is 0 Å². The van der Waals surface area contributed by atoms with Gasteiger partial charge in [0.2, 0.25) is 0 Å². The third-order valence-electron chi connectivity index (χ3n) is 4.20. The van der Waals surface area contributed by atoms with Gasteiger partial charge in [0.1, 0.15) is 0 Å². The Kier molecular flexibility index (Phi) is 5.96. The molecule has 0 amide bonds. The number of aliphatic hydroxyl groups is 1. The van der Waals surface area contributed by atoms with Gasteiger partial charge in [-0.2, -0.15) is 0 Å². The van der Waals surface area contributed by atoms with E-state index in [2.05, 4.69) is 35.4 Å². The van der Waals surface area contributed by atoms with Crippen molar-refractivity contribution in [2.45, 2.75) is 18.0 Å². The Morgan fingerprint density at radius 2 is 1.88 bits per heavy atom. The predicted molar refractivity (Wildman–Crippen MR) is 101 cm³/mol. The van der Waals surface area contributed by atoms with Gasteiger partial charge in [0.25, 0.3) is 0 Å². The molecule has 1 aromatic heterocycles. The van der Waals surface area contributed by atoms with Crippen molar-refractivity contribution in [3.05, 3.63) is 64.6 Å². The summed E-state index contributed by atoms with van der Waals surface area (Å²) in [5.41, 5.74) is 2.60. The maximum atomic E-state index is 12.1. The second-order valence-corrected chi connectivity index (χ2v) is 6.71. The molecular weight excluding hydrogens is 336 g/mol. The standard InChI is InChI=1S/C19H22N2O3S/c1-25-16-8-6-15(7-9-16)14-20(12-13-22)10-11-21-17-4-2-3-5-18(17)24-19(21)23/h2-9,22H,10-14H2,1H3. The van der Waals surface area contributed by atoms with Gasteiger partial charge in [-0.1, -0.05) is 24.3 Å². The highest BCUT2D eigenvalue weighted by Gasteiger charge is 2.11. The molecule has 0 saturated heterocycles. The van der Waals surface area contributed by atoms with Crippen LogP contribution in [-0.4, -0.2) is 40.5 Å². The number of rotatable bonds is 8. The summed E-state index contributed by atoms with van der Waals surface area (Å²) in [6.45, 7) is 2.57. The van der Waals surface area contributed by atoms with Crippen molar-refractivity contribution in [1.29, 1.82) is 0 Å². The first-order chi connectivity index (χ1) is 12.2. The zero-order valence-electron chi connectivity index (χ0n) is 14.2. The Morgan fingerprint density at radius 3 is 2.60 bits per heavy atom. The zero-order valence-corrected chi connectivity index (χ0v) is 15.0. The van der Waals surface area contributed by atoms with Gasteiger partial charge in [-0.05, 0) is 36.1 Å². The predicted octanol–water partition coefficient (Wildman–Crippen LogP) is 2.81. The minimum Gasteiger partial charge on any atom is -0.408 e. The summed E-state index contributed by atoms with van der Waals surface area (Å²) in [7, 11) is 0. The van der Waals surface area contributed by atoms with Gasteiger partial charge in [0.15, 0.2) is 5.58 Å². The highest BCUT2D eigenvalue weighted by molar-refractivity contribution is 7.98. The van der Waals surface area contributed by atoms with Gasteiger partial charge < -0.3 is 9.52 Å². The van der Waals surface area contributed by atoms with Crippen LogP contribution >= 0.6 is 11.8 Å². The number of thioether (sulfide) groups is 1. The number of para-hydroxylation sites is 2. The SMILES string of the molecule is CSc1ccc(CN(CCO)CCn2c(=O)oc3ccccc32)cc1. The summed E-state index contributed by atoms with van der Waals surface area (Å²) in [6.07, 6.45) is 2.06. The van der Waals surface area contributed by atoms with Gasteiger partial charge in [-0.15, -0.1) is 11.8 Å². The Labute approximate surface area is 150 Å². The van der Waals surface area contributed by atoms with Crippen molar-refractivity contribution in [3.63, 3.8) is 0 Å². The molecule has 25 heavy (non-hydrogen) atoms. The summed E-state index contributed by atoms with van der Waals surface area (Å²) in [4.78, 5) is 15.4. The van der Waals surface area contributed by atoms with E-state index in [0.717, 1.165) is 12.1 Å². The fraction of sp³-hybridized carbons (Fsp3) is 0.316. The van der Waals surface area contributed by atoms with Crippen LogP contribution in [-0.2, 0) is 13.1 Å². The average molecular weight is 358 g/mol. The van der Waals surface area contributed by atoms with Crippen LogP contribution in [0, 0.1) is 0 Å². The normalized spacial score (nSPS) is 11.5. The number of benzene rings is 2. The van der Waals surface area contributed by atoms with E-state index < -0.39 is 0 Å². The van der Waals surface area contributed by atoms with Crippen molar-refractivity contribution in [1.82, 2.24) is 9.47 Å². The van der Waals surface area contributed by atoms with Crippen LogP contribution in [0.4, 0.5) is 0 Å². The number of fused-ring (bicyclic) bond motifs is 1. The van der Waals surface area contributed by atoms with Crippen LogP contribution in [0.2, 0.25) is 0 Å². The minimum absolute atomic E-state index is 0.0872. The average Bonchev–Trinajstić information content (AvgIpc) is 2.95. The lowest BCUT2D eigenvalue weighted by atomic mass is 10.2. The first kappa shape index (κ1) is 17.8. The molecule has 0 aliphatic rings. The molecule has 0 bridgehead atoms. The molecule has 132 valence electrons. The first-order valence-corrected chi connectivity index (χ1v) is 9.48. The Morgan fingerprint density at radius 1 is 1.12 bits per heavy atom. The molecule has 3 aromatic rings. The highest BCUT2D eigenvalue weighted by atomic mass is 32.2. The summed E-state index contributed by atoms with van der Waals surface area (Å²) < 4.78 is 6.92. The van der Waals surface area contributed by atoms with Crippen molar-refractivity contribution in [2.75, 3.05) is 26.0 Å². The second-order valence-electron chi connectivity index (χ2n) is 5.84. The van der Waals surface area contributed by atoms with E-state index in [0.29, 0.717) is 25.2 Å². The molecule has 2 aromatic carbocycles. The molecule has 1 heterocycles. The minimum atomic E-state index is -0.338. The van der Waals surface area contributed by atoms with Gasteiger partial charge in [0, 0.05) is 31.1 Å². The number of nitrogens with zero attached hydrogens (tertiary/aromatic N) is 2. The molecule has 0 aliphatic carbocycles. The zero-order chi connectivity index (χ0) is 17.6. The lowest BCUT2D eigenvalue weighted by molar-refractivity contribution is 0.185. The Hall–Kier alpha value is -2.02. The highest BCUT2D eigenvalue weighted by Crippen LogP contribution is 2.16. The van der Waals surface area contributed by atoms with Crippen molar-refractivity contribution in [2.24, 2.45) is 0 Å². The van der Waals surface area contributed by atoms with Crippen LogP contribution in [0.1, 0.15) is 5.56 Å². The second kappa shape index (κ2) is 8.38. The summed E-state index contributed by atoms with van der Waals surface area (Å²) in [5, 5.41) is 9.35. The number of aromatic nitrogens is 1. The summed E-state index contributed by atoms with van der Waals surface area (Å²) >= 11 is 1.72. The Bertz CT molecular complexity index is 870. The monoisotopic (exact) mass is 358 g/mol. The lowest BCUT2D eigenvalue weighted by Gasteiger charge is -2.21. The van der Waals surface area contributed by atoms with Gasteiger partial charge in [-0.3, -0.25) is 9.47 Å². The summed E-state index contributed by atoms with van der Waals surface area (Å²) in [5.74, 6) is -0.338. The third kappa shape index (κ3) is 4.34. The van der Waals surface area contributed by atoms with Crippen LogP contribution in [0.15, 0.2) is 62.6 Å². The fourth-order valence-electron chi connectivity index (χ4n) is 2.87. The van der Waals surface area contributed by atoms with Crippen molar-refractivity contribution < 1.29 is 9.52 Å². The molecule has 0 spiro atoms. The van der Waals surface area contributed by atoms with E-state index in [-0.39, 0.29) is 12.4 Å². The lowest BCUT2D eigenvalue weighted by Crippen LogP contribution is -2.31. The fourth-order valence-corrected chi connectivity index (χ4v) is 3.28. The molecule has 6 heteroatoms. The largest absolute Gasteiger partial charge is 0.419 e. The quantitative estimate of drug-likeness (QED) is 0.628. The molecule has 3 rings (SSSR count). The van der Waals surface area contributed by atoms with Crippen LogP contribution in [0.3, 0.4) is 0 Å². The van der Waals surface area contributed by atoms with E-state index >= 15 is 0 Å². The third-order valence-corrected chi connectivity index (χ3v) is 4.94. The Balaban J connectivity index is 1.70. The molecule has 0 radical (unpaired) electrons. The number of hydrogen-bond donors (Lipinski definition) is 1. The van der Waals surface area contributed by atoms with Crippen LogP contribution < -0.4 is 5.76 Å². The molecule has 0 fully saturated rings. The molecule has 0 saturated carbocycles. The molecular formula is C19H22N2O3S. The first-order valence-electron chi connectivity index (χ1n) is 8.26. The topological polar surface area (TPSA) is 58.6 Å². The van der Waals surface area contributed by atoms with Gasteiger partial charge >= 0.3 is 5.76 Å². The van der Waals surface area contributed by atoms with Crippen LogP contribution in [0.25, 0.3) is 11.1 Å². The smallest absolute Gasteiger partial charge is 0.408 e. The maximum absolute atomic E-state index is 12.1. The van der Waals surface area contributed by atoms with Crippen LogP contribution in [0.5, 0.6) is 0 Å². The van der Waals surface area contributed by atoms with Crippen molar-refractivity contribution >= 4 is 22.9 Å². The molecule has 1 N–H and O–H groups in total. The maximum Gasteiger partial charge on any atom is 0.419 e. The van der Waals surface area contributed by atoms with E-state index in [4.69, 9.17) is 4.42 Å². The molecule has 5 nitrogen and oxygen atoms in total. The number of aliphatic hydroxyl groups excluding tert-OH is 1. The molecule has 0 unspecified atom stereocenters. The summed E-state index contributed by atoms with van der Waals surface area (Å²) in [6, 6.07) is 15.9. The number of oxazole rings is 1. The van der Waals surface area contributed by atoms with E-state index in [9.17, 15) is 9.90 Å². The molecule has 0 aliphatic heterocycles. The van der Waals surface area contributed by atoms with E-state index in [1.807, 2.05) is 18.2 Å². The number of hydrogen-bond acceptors (Lipinski definition) is 5. The van der Waals surface area contributed by atoms with Gasteiger partial charge in [-0.25, -0.2) is 4.79 Å². The van der Waals surface area contributed by atoms with E-state index in [1.54, 1.807) is 22.4 Å². The van der Waals surface area contributed by atoms with E-state index in [1.165, 1.54) is 10.5 Å². The molecule has 0 atom stereocenters.